The van der Waals surface area contributed by atoms with Gasteiger partial charge in [0.25, 0.3) is 0 Å². The van der Waals surface area contributed by atoms with Gasteiger partial charge in [-0.05, 0) is 44.0 Å². The van der Waals surface area contributed by atoms with Crippen molar-refractivity contribution >= 4 is 23.2 Å². The summed E-state index contributed by atoms with van der Waals surface area (Å²) >= 11 is 0. The van der Waals surface area contributed by atoms with Gasteiger partial charge in [0.15, 0.2) is 0 Å². The Hall–Kier alpha value is -3.15. The predicted molar refractivity (Wildman–Crippen MR) is 107 cm³/mol. The number of pyridine rings is 1. The number of aryl methyl sites for hydroxylation is 1. The van der Waals surface area contributed by atoms with E-state index in [9.17, 15) is 14.7 Å². The summed E-state index contributed by atoms with van der Waals surface area (Å²) in [6.45, 7) is 2.03. The van der Waals surface area contributed by atoms with Gasteiger partial charge in [-0.15, -0.1) is 0 Å². The third-order valence-corrected chi connectivity index (χ3v) is 5.54. The van der Waals surface area contributed by atoms with Crippen molar-refractivity contribution in [2.75, 3.05) is 5.32 Å². The molecule has 1 saturated carbocycles. The first-order valence-corrected chi connectivity index (χ1v) is 9.62. The fourth-order valence-electron chi connectivity index (χ4n) is 4.02. The molecule has 2 aromatic heterocycles. The molecule has 1 amide bonds. The molecule has 1 fully saturated rings. The summed E-state index contributed by atoms with van der Waals surface area (Å²) in [7, 11) is 0. The van der Waals surface area contributed by atoms with Crippen molar-refractivity contribution in [1.29, 1.82) is 0 Å². The molecule has 0 aliphatic heterocycles. The first-order chi connectivity index (χ1) is 13.5. The van der Waals surface area contributed by atoms with Crippen LogP contribution in [-0.2, 0) is 9.59 Å². The van der Waals surface area contributed by atoms with Crippen LogP contribution in [0, 0.1) is 18.8 Å². The topological polar surface area (TPSA) is 83.7 Å². The fraction of sp³-hybridized carbons (Fsp3) is 0.318. The lowest BCUT2D eigenvalue weighted by atomic mass is 9.78. The van der Waals surface area contributed by atoms with E-state index in [2.05, 4.69) is 10.3 Å². The summed E-state index contributed by atoms with van der Waals surface area (Å²) in [5, 5.41) is 12.3. The maximum absolute atomic E-state index is 12.7. The highest BCUT2D eigenvalue weighted by atomic mass is 16.4. The van der Waals surface area contributed by atoms with Crippen LogP contribution >= 0.6 is 0 Å². The van der Waals surface area contributed by atoms with Gasteiger partial charge in [0.05, 0.1) is 17.5 Å². The summed E-state index contributed by atoms with van der Waals surface area (Å²) in [4.78, 5) is 28.9. The number of carbonyl (C=O) groups excluding carboxylic acids is 1. The van der Waals surface area contributed by atoms with Gasteiger partial charge in [0.2, 0.25) is 5.91 Å². The zero-order chi connectivity index (χ0) is 19.7. The number of benzene rings is 1. The molecule has 2 unspecified atom stereocenters. The highest BCUT2D eigenvalue weighted by Crippen LogP contribution is 2.32. The van der Waals surface area contributed by atoms with Crippen molar-refractivity contribution < 1.29 is 14.7 Å². The van der Waals surface area contributed by atoms with E-state index < -0.39 is 17.8 Å². The van der Waals surface area contributed by atoms with E-state index in [0.29, 0.717) is 18.5 Å². The number of anilines is 1. The Bertz CT molecular complexity index is 1040. The number of nitrogens with one attached hydrogen (secondary N) is 1. The summed E-state index contributed by atoms with van der Waals surface area (Å²) < 4.78 is 2.03. The van der Waals surface area contributed by atoms with Crippen LogP contribution < -0.4 is 5.32 Å². The standard InChI is InChI=1S/C22H23N3O3/c1-14-6-4-11-20-24-19(13-25(14)20)15-7-5-8-16(12-15)23-21(26)17-9-2-3-10-18(17)22(27)28/h4-8,11-13,17-18H,2-3,9-10H2,1H3,(H,23,26)(H,27,28). The second kappa shape index (κ2) is 7.46. The van der Waals surface area contributed by atoms with Gasteiger partial charge in [0.1, 0.15) is 5.65 Å². The van der Waals surface area contributed by atoms with Crippen molar-refractivity contribution in [2.45, 2.75) is 32.6 Å². The Labute approximate surface area is 163 Å². The summed E-state index contributed by atoms with van der Waals surface area (Å²) in [6.07, 6.45) is 4.92. The number of carbonyl (C=O) groups is 2. The van der Waals surface area contributed by atoms with Crippen LogP contribution in [0.1, 0.15) is 31.4 Å². The first-order valence-electron chi connectivity index (χ1n) is 9.62. The average molecular weight is 377 g/mol. The highest BCUT2D eigenvalue weighted by molar-refractivity contribution is 5.95. The van der Waals surface area contributed by atoms with Gasteiger partial charge in [-0.2, -0.15) is 0 Å². The molecule has 1 aliphatic rings. The highest BCUT2D eigenvalue weighted by Gasteiger charge is 2.35. The van der Waals surface area contributed by atoms with Gasteiger partial charge in [-0.3, -0.25) is 9.59 Å². The lowest BCUT2D eigenvalue weighted by Crippen LogP contribution is -2.36. The van der Waals surface area contributed by atoms with E-state index in [4.69, 9.17) is 0 Å². The smallest absolute Gasteiger partial charge is 0.307 e. The minimum atomic E-state index is -0.881. The number of hydrogen-bond acceptors (Lipinski definition) is 3. The normalized spacial score (nSPS) is 19.5. The average Bonchev–Trinajstić information content (AvgIpc) is 3.14. The quantitative estimate of drug-likeness (QED) is 0.716. The second-order valence-electron chi connectivity index (χ2n) is 7.43. The maximum Gasteiger partial charge on any atom is 0.307 e. The third kappa shape index (κ3) is 3.50. The van der Waals surface area contributed by atoms with Gasteiger partial charge in [-0.1, -0.05) is 31.0 Å². The predicted octanol–water partition coefficient (Wildman–Crippen LogP) is 4.14. The SMILES string of the molecule is Cc1cccc2nc(-c3cccc(NC(=O)C4CCCCC4C(=O)O)c3)cn12. The molecule has 28 heavy (non-hydrogen) atoms. The van der Waals surface area contributed by atoms with E-state index in [1.54, 1.807) is 0 Å². The van der Waals surface area contributed by atoms with Crippen LogP contribution in [0.2, 0.25) is 0 Å². The number of aromatic nitrogens is 2. The molecular formula is C22H23N3O3. The number of fused-ring (bicyclic) bond motifs is 1. The molecule has 2 N–H and O–H groups in total. The van der Waals surface area contributed by atoms with Crippen LogP contribution in [-0.4, -0.2) is 26.4 Å². The van der Waals surface area contributed by atoms with Crippen LogP contribution in [0.25, 0.3) is 16.9 Å². The molecule has 2 heterocycles. The minimum Gasteiger partial charge on any atom is -0.481 e. The van der Waals surface area contributed by atoms with Gasteiger partial charge in [0, 0.05) is 23.1 Å². The molecule has 1 aromatic carbocycles. The molecule has 3 aromatic rings. The number of carboxylic acid groups (broad SMARTS) is 1. The molecule has 0 saturated heterocycles. The number of amides is 1. The molecule has 0 spiro atoms. The van der Waals surface area contributed by atoms with Crippen molar-refractivity contribution in [3.63, 3.8) is 0 Å². The van der Waals surface area contributed by atoms with Crippen molar-refractivity contribution in [3.8, 4) is 11.3 Å². The molecule has 1 aliphatic carbocycles. The molecule has 0 radical (unpaired) electrons. The zero-order valence-electron chi connectivity index (χ0n) is 15.8. The van der Waals surface area contributed by atoms with Crippen molar-refractivity contribution in [3.05, 3.63) is 54.4 Å². The van der Waals surface area contributed by atoms with Gasteiger partial charge >= 0.3 is 5.97 Å². The van der Waals surface area contributed by atoms with E-state index in [1.165, 1.54) is 0 Å². The Balaban J connectivity index is 1.57. The Morgan fingerprint density at radius 3 is 2.61 bits per heavy atom. The van der Waals surface area contributed by atoms with E-state index in [0.717, 1.165) is 35.4 Å². The van der Waals surface area contributed by atoms with Crippen LogP contribution in [0.3, 0.4) is 0 Å². The summed E-state index contributed by atoms with van der Waals surface area (Å²) in [5.41, 5.74) is 4.35. The third-order valence-electron chi connectivity index (χ3n) is 5.54. The number of carboxylic acids is 1. The summed E-state index contributed by atoms with van der Waals surface area (Å²) in [6, 6.07) is 13.5. The lowest BCUT2D eigenvalue weighted by molar-refractivity contribution is -0.147. The lowest BCUT2D eigenvalue weighted by Gasteiger charge is -2.27. The molecule has 144 valence electrons. The molecular weight excluding hydrogens is 354 g/mol. The number of rotatable bonds is 4. The second-order valence-corrected chi connectivity index (χ2v) is 7.43. The zero-order valence-corrected chi connectivity index (χ0v) is 15.8. The molecule has 2 atom stereocenters. The van der Waals surface area contributed by atoms with E-state index >= 15 is 0 Å². The first kappa shape index (κ1) is 18.2. The molecule has 0 bridgehead atoms. The van der Waals surface area contributed by atoms with Gasteiger partial charge < -0.3 is 14.8 Å². The fourth-order valence-corrected chi connectivity index (χ4v) is 4.02. The minimum absolute atomic E-state index is 0.213. The van der Waals surface area contributed by atoms with Crippen LogP contribution in [0.5, 0.6) is 0 Å². The van der Waals surface area contributed by atoms with Crippen LogP contribution in [0.4, 0.5) is 5.69 Å². The van der Waals surface area contributed by atoms with E-state index in [1.807, 2.05) is 60.0 Å². The maximum atomic E-state index is 12.7. The largest absolute Gasteiger partial charge is 0.481 e. The van der Waals surface area contributed by atoms with Crippen LogP contribution in [0.15, 0.2) is 48.7 Å². The number of imidazole rings is 1. The Morgan fingerprint density at radius 1 is 1.11 bits per heavy atom. The van der Waals surface area contributed by atoms with E-state index in [-0.39, 0.29) is 5.91 Å². The Kier molecular flexibility index (Phi) is 4.86. The van der Waals surface area contributed by atoms with Crippen molar-refractivity contribution in [1.82, 2.24) is 9.38 Å². The molecule has 4 rings (SSSR count). The van der Waals surface area contributed by atoms with Crippen molar-refractivity contribution in [2.24, 2.45) is 11.8 Å². The molecule has 6 nitrogen and oxygen atoms in total. The monoisotopic (exact) mass is 377 g/mol. The molecule has 6 heteroatoms. The Morgan fingerprint density at radius 2 is 1.86 bits per heavy atom. The van der Waals surface area contributed by atoms with Gasteiger partial charge in [-0.25, -0.2) is 4.98 Å². The summed E-state index contributed by atoms with van der Waals surface area (Å²) in [5.74, 6) is -2.17. The number of hydrogen-bond donors (Lipinski definition) is 2. The number of aliphatic carboxylic acids is 1. The number of nitrogens with zero attached hydrogens (tertiary/aromatic N) is 2.